The molecule has 0 aromatic heterocycles. The van der Waals surface area contributed by atoms with Crippen molar-refractivity contribution < 1.29 is 19.1 Å². The molecule has 0 aliphatic carbocycles. The van der Waals surface area contributed by atoms with Gasteiger partial charge in [0.25, 0.3) is 0 Å². The van der Waals surface area contributed by atoms with Crippen molar-refractivity contribution in [1.29, 1.82) is 0 Å². The second-order valence-corrected chi connectivity index (χ2v) is 4.88. The van der Waals surface area contributed by atoms with Gasteiger partial charge in [-0.2, -0.15) is 0 Å². The van der Waals surface area contributed by atoms with E-state index in [0.29, 0.717) is 11.3 Å². The normalized spacial score (nSPS) is 13.6. The predicted molar refractivity (Wildman–Crippen MR) is 56.8 cm³/mol. The van der Waals surface area contributed by atoms with Crippen LogP contribution in [-0.2, 0) is 4.57 Å². The molecule has 4 N–H and O–H groups in total. The van der Waals surface area contributed by atoms with Gasteiger partial charge in [0, 0.05) is 12.1 Å². The minimum atomic E-state index is -4.24. The number of hydrogen-bond donors (Lipinski definition) is 3. The lowest BCUT2D eigenvalue weighted by Crippen LogP contribution is -2.13. The molecule has 1 unspecified atom stereocenters. The molecule has 1 aromatic rings. The third-order valence-electron chi connectivity index (χ3n) is 2.13. The Morgan fingerprint density at radius 3 is 2.53 bits per heavy atom. The van der Waals surface area contributed by atoms with Crippen LogP contribution in [0, 0.1) is 0 Å². The summed E-state index contributed by atoms with van der Waals surface area (Å²) in [6.07, 6.45) is 0. The second-order valence-electron chi connectivity index (χ2n) is 3.08. The van der Waals surface area contributed by atoms with Crippen LogP contribution in [0.25, 0.3) is 0 Å². The zero-order valence-electron chi connectivity index (χ0n) is 8.33. The van der Waals surface area contributed by atoms with Crippen LogP contribution in [0.15, 0.2) is 24.3 Å². The largest absolute Gasteiger partial charge is 0.496 e. The standard InChI is InChI=1S/C9H14NO4P/c1-14-8-5-3-2-4-7(8)9(6-10)15(11,12)13/h2-5,9H,6,10H2,1H3,(H2,11,12,13). The second kappa shape index (κ2) is 4.77. The third-order valence-corrected chi connectivity index (χ3v) is 3.43. The van der Waals surface area contributed by atoms with Crippen molar-refractivity contribution in [2.45, 2.75) is 5.66 Å². The van der Waals surface area contributed by atoms with Gasteiger partial charge in [-0.25, -0.2) is 0 Å². The molecule has 84 valence electrons. The maximum Gasteiger partial charge on any atom is 0.334 e. The zero-order valence-corrected chi connectivity index (χ0v) is 9.22. The van der Waals surface area contributed by atoms with E-state index in [1.807, 2.05) is 0 Å². The lowest BCUT2D eigenvalue weighted by molar-refractivity contribution is 0.355. The molecule has 0 aliphatic heterocycles. The van der Waals surface area contributed by atoms with Gasteiger partial charge in [0.1, 0.15) is 11.4 Å². The van der Waals surface area contributed by atoms with Crippen LogP contribution in [0.4, 0.5) is 0 Å². The van der Waals surface area contributed by atoms with Crippen molar-refractivity contribution in [3.05, 3.63) is 29.8 Å². The predicted octanol–water partition coefficient (Wildman–Crippen LogP) is 0.873. The van der Waals surface area contributed by atoms with Crippen LogP contribution in [0.2, 0.25) is 0 Å². The highest BCUT2D eigenvalue weighted by atomic mass is 31.2. The summed E-state index contributed by atoms with van der Waals surface area (Å²) in [5, 5.41) is 0. The summed E-state index contributed by atoms with van der Waals surface area (Å²) in [7, 11) is -2.79. The third kappa shape index (κ3) is 2.79. The molecular weight excluding hydrogens is 217 g/mol. The van der Waals surface area contributed by atoms with Crippen molar-refractivity contribution in [2.24, 2.45) is 5.73 Å². The van der Waals surface area contributed by atoms with E-state index >= 15 is 0 Å². The fourth-order valence-electron chi connectivity index (χ4n) is 1.39. The summed E-state index contributed by atoms with van der Waals surface area (Å²) >= 11 is 0. The Labute approximate surface area is 88.0 Å². The van der Waals surface area contributed by atoms with Crippen LogP contribution < -0.4 is 10.5 Å². The van der Waals surface area contributed by atoms with Crippen molar-refractivity contribution in [3.8, 4) is 5.75 Å². The fraction of sp³-hybridized carbons (Fsp3) is 0.333. The quantitative estimate of drug-likeness (QED) is 0.668. The van der Waals surface area contributed by atoms with Gasteiger partial charge in [0.05, 0.1) is 7.11 Å². The molecule has 0 amide bonds. The molecule has 0 spiro atoms. The fourth-order valence-corrected chi connectivity index (χ4v) is 2.24. The molecule has 0 saturated heterocycles. The van der Waals surface area contributed by atoms with Crippen LogP contribution in [0.5, 0.6) is 5.75 Å². The van der Waals surface area contributed by atoms with E-state index in [2.05, 4.69) is 0 Å². The Morgan fingerprint density at radius 2 is 2.07 bits per heavy atom. The van der Waals surface area contributed by atoms with E-state index in [0.717, 1.165) is 0 Å². The Morgan fingerprint density at radius 1 is 1.47 bits per heavy atom. The first-order valence-electron chi connectivity index (χ1n) is 4.39. The Balaban J connectivity index is 3.18. The van der Waals surface area contributed by atoms with Gasteiger partial charge >= 0.3 is 7.60 Å². The van der Waals surface area contributed by atoms with Gasteiger partial charge in [-0.3, -0.25) is 4.57 Å². The number of nitrogens with two attached hydrogens (primary N) is 1. The average molecular weight is 231 g/mol. The molecule has 5 nitrogen and oxygen atoms in total. The van der Waals surface area contributed by atoms with E-state index in [1.54, 1.807) is 24.3 Å². The molecular formula is C9H14NO4P. The molecule has 6 heteroatoms. The van der Waals surface area contributed by atoms with Gasteiger partial charge in [-0.1, -0.05) is 18.2 Å². The van der Waals surface area contributed by atoms with Crippen molar-refractivity contribution >= 4 is 7.60 Å². The van der Waals surface area contributed by atoms with E-state index in [1.165, 1.54) is 7.11 Å². The average Bonchev–Trinajstić information content (AvgIpc) is 2.17. The maximum absolute atomic E-state index is 11.2. The minimum absolute atomic E-state index is 0.120. The monoisotopic (exact) mass is 231 g/mol. The Bertz CT molecular complexity index is 376. The first-order valence-corrected chi connectivity index (χ1v) is 6.07. The number of hydrogen-bond acceptors (Lipinski definition) is 3. The summed E-state index contributed by atoms with van der Waals surface area (Å²) in [6, 6.07) is 6.68. The smallest absolute Gasteiger partial charge is 0.334 e. The van der Waals surface area contributed by atoms with Crippen LogP contribution in [-0.4, -0.2) is 23.4 Å². The van der Waals surface area contributed by atoms with E-state index < -0.39 is 13.3 Å². The first-order chi connectivity index (χ1) is 7.00. The Kier molecular flexibility index (Phi) is 3.88. The summed E-state index contributed by atoms with van der Waals surface area (Å²) in [5.41, 5.74) is 4.80. The van der Waals surface area contributed by atoms with Crippen LogP contribution in [0.3, 0.4) is 0 Å². The van der Waals surface area contributed by atoms with Crippen molar-refractivity contribution in [3.63, 3.8) is 0 Å². The first kappa shape index (κ1) is 12.2. The number of benzene rings is 1. The lowest BCUT2D eigenvalue weighted by Gasteiger charge is -2.19. The summed E-state index contributed by atoms with van der Waals surface area (Å²) in [6.45, 7) is -0.120. The van der Waals surface area contributed by atoms with Crippen molar-refractivity contribution in [2.75, 3.05) is 13.7 Å². The molecule has 1 aromatic carbocycles. The SMILES string of the molecule is COc1ccccc1C(CN)P(=O)(O)O. The van der Waals surface area contributed by atoms with Gasteiger partial charge in [0.15, 0.2) is 0 Å². The molecule has 0 aliphatic rings. The van der Waals surface area contributed by atoms with Crippen LogP contribution >= 0.6 is 7.60 Å². The highest BCUT2D eigenvalue weighted by Crippen LogP contribution is 2.52. The van der Waals surface area contributed by atoms with E-state index in [-0.39, 0.29) is 6.54 Å². The molecule has 0 saturated carbocycles. The lowest BCUT2D eigenvalue weighted by atomic mass is 10.1. The van der Waals surface area contributed by atoms with E-state index in [9.17, 15) is 4.57 Å². The molecule has 1 rings (SSSR count). The number of para-hydroxylation sites is 1. The summed E-state index contributed by atoms with van der Waals surface area (Å²) < 4.78 is 16.2. The molecule has 0 bridgehead atoms. The highest BCUT2D eigenvalue weighted by molar-refractivity contribution is 7.52. The Hall–Kier alpha value is -0.870. The zero-order chi connectivity index (χ0) is 11.5. The van der Waals surface area contributed by atoms with Gasteiger partial charge in [-0.15, -0.1) is 0 Å². The number of rotatable bonds is 4. The summed E-state index contributed by atoms with van der Waals surface area (Å²) in [5.74, 6) is 0.441. The number of methoxy groups -OCH3 is 1. The molecule has 15 heavy (non-hydrogen) atoms. The van der Waals surface area contributed by atoms with Crippen LogP contribution in [0.1, 0.15) is 11.2 Å². The van der Waals surface area contributed by atoms with Gasteiger partial charge in [0.2, 0.25) is 0 Å². The topological polar surface area (TPSA) is 92.8 Å². The molecule has 0 radical (unpaired) electrons. The maximum atomic E-state index is 11.2. The van der Waals surface area contributed by atoms with Gasteiger partial charge in [-0.05, 0) is 6.07 Å². The summed E-state index contributed by atoms with van der Waals surface area (Å²) in [4.78, 5) is 18.3. The van der Waals surface area contributed by atoms with Crippen molar-refractivity contribution in [1.82, 2.24) is 0 Å². The number of ether oxygens (including phenoxy) is 1. The highest BCUT2D eigenvalue weighted by Gasteiger charge is 2.31. The van der Waals surface area contributed by atoms with E-state index in [4.69, 9.17) is 20.3 Å². The molecule has 0 heterocycles. The molecule has 1 atom stereocenters. The van der Waals surface area contributed by atoms with Gasteiger partial charge < -0.3 is 20.3 Å². The molecule has 0 fully saturated rings. The minimum Gasteiger partial charge on any atom is -0.496 e.